The Kier molecular flexibility index (Phi) is 5.20. The van der Waals surface area contributed by atoms with Crippen LogP contribution in [0.2, 0.25) is 0 Å². The van der Waals surface area contributed by atoms with Gasteiger partial charge in [0.05, 0.1) is 12.4 Å². The Morgan fingerprint density at radius 2 is 2.20 bits per heavy atom. The molecule has 108 valence electrons. The van der Waals surface area contributed by atoms with E-state index in [-0.39, 0.29) is 0 Å². The normalized spacial score (nSPS) is 11.1. The molecule has 1 aromatic carbocycles. The zero-order chi connectivity index (χ0) is 14.5. The number of hydrogen-bond acceptors (Lipinski definition) is 3. The summed E-state index contributed by atoms with van der Waals surface area (Å²) in [6.45, 7) is 5.69. The van der Waals surface area contributed by atoms with Gasteiger partial charge in [0.1, 0.15) is 6.61 Å². The van der Waals surface area contributed by atoms with Crippen LogP contribution in [0, 0.1) is 0 Å². The van der Waals surface area contributed by atoms with Crippen molar-refractivity contribution in [3.05, 3.63) is 46.2 Å². The number of rotatable bonds is 6. The van der Waals surface area contributed by atoms with Gasteiger partial charge in [0.15, 0.2) is 5.75 Å². The molecule has 20 heavy (non-hydrogen) atoms. The van der Waals surface area contributed by atoms with Crippen molar-refractivity contribution in [1.82, 2.24) is 15.1 Å². The molecule has 1 aromatic heterocycles. The van der Waals surface area contributed by atoms with Crippen molar-refractivity contribution in [1.29, 1.82) is 0 Å². The molecule has 2 aromatic rings. The van der Waals surface area contributed by atoms with Crippen molar-refractivity contribution < 1.29 is 4.74 Å². The monoisotopic (exact) mass is 337 g/mol. The average molecular weight is 338 g/mol. The molecule has 0 radical (unpaired) electrons. The lowest BCUT2D eigenvalue weighted by molar-refractivity contribution is 0.305. The summed E-state index contributed by atoms with van der Waals surface area (Å²) in [6, 6.07) is 6.85. The van der Waals surface area contributed by atoms with Crippen LogP contribution in [-0.4, -0.2) is 15.8 Å². The Hall–Kier alpha value is -1.33. The van der Waals surface area contributed by atoms with Crippen molar-refractivity contribution in [2.45, 2.75) is 33.0 Å². The van der Waals surface area contributed by atoms with Gasteiger partial charge in [-0.2, -0.15) is 5.10 Å². The Bertz CT molecular complexity index is 566. The van der Waals surface area contributed by atoms with E-state index in [1.807, 2.05) is 13.2 Å². The van der Waals surface area contributed by atoms with Crippen LogP contribution in [0.25, 0.3) is 0 Å². The van der Waals surface area contributed by atoms with E-state index in [0.29, 0.717) is 12.6 Å². The number of halogens is 1. The Labute approximate surface area is 128 Å². The third-order valence-electron chi connectivity index (χ3n) is 2.91. The van der Waals surface area contributed by atoms with Gasteiger partial charge in [-0.05, 0) is 11.6 Å². The number of nitrogens with zero attached hydrogens (tertiary/aromatic N) is 2. The van der Waals surface area contributed by atoms with Crippen molar-refractivity contribution in [2.75, 3.05) is 0 Å². The molecule has 5 heteroatoms. The highest BCUT2D eigenvalue weighted by Gasteiger charge is 2.04. The highest BCUT2D eigenvalue weighted by molar-refractivity contribution is 9.10. The summed E-state index contributed by atoms with van der Waals surface area (Å²) in [5, 5.41) is 7.48. The number of benzene rings is 1. The third kappa shape index (κ3) is 4.35. The second kappa shape index (κ2) is 6.90. The van der Waals surface area contributed by atoms with Crippen LogP contribution < -0.4 is 10.1 Å². The van der Waals surface area contributed by atoms with Crippen LogP contribution in [0.4, 0.5) is 0 Å². The van der Waals surface area contributed by atoms with Gasteiger partial charge in [-0.15, -0.1) is 0 Å². The lowest BCUT2D eigenvalue weighted by Gasteiger charge is -2.11. The molecule has 0 spiro atoms. The summed E-state index contributed by atoms with van der Waals surface area (Å²) in [6.07, 6.45) is 3.57. The highest BCUT2D eigenvalue weighted by atomic mass is 79.9. The first-order valence-electron chi connectivity index (χ1n) is 6.66. The molecule has 0 aliphatic carbocycles. The quantitative estimate of drug-likeness (QED) is 0.879. The van der Waals surface area contributed by atoms with E-state index in [9.17, 15) is 0 Å². The summed E-state index contributed by atoms with van der Waals surface area (Å²) in [5.41, 5.74) is 2.39. The third-order valence-corrected chi connectivity index (χ3v) is 3.65. The summed E-state index contributed by atoms with van der Waals surface area (Å²) in [5.74, 6) is 0.782. The predicted octanol–water partition coefficient (Wildman–Crippen LogP) is 3.26. The first-order chi connectivity index (χ1) is 9.54. The number of aromatic nitrogens is 2. The molecule has 0 unspecified atom stereocenters. The molecule has 0 saturated carbocycles. The predicted molar refractivity (Wildman–Crippen MR) is 83.7 cm³/mol. The second-order valence-electron chi connectivity index (χ2n) is 5.10. The van der Waals surface area contributed by atoms with E-state index in [1.54, 1.807) is 10.9 Å². The van der Waals surface area contributed by atoms with Gasteiger partial charge < -0.3 is 10.1 Å². The van der Waals surface area contributed by atoms with E-state index in [0.717, 1.165) is 22.3 Å². The van der Waals surface area contributed by atoms with Gasteiger partial charge in [-0.3, -0.25) is 4.68 Å². The van der Waals surface area contributed by atoms with Crippen molar-refractivity contribution in [2.24, 2.45) is 7.05 Å². The van der Waals surface area contributed by atoms with E-state index >= 15 is 0 Å². The van der Waals surface area contributed by atoms with Crippen molar-refractivity contribution >= 4 is 15.9 Å². The lowest BCUT2D eigenvalue weighted by Crippen LogP contribution is -2.21. The zero-order valence-corrected chi connectivity index (χ0v) is 13.6. The number of nitrogens with one attached hydrogen (secondary N) is 1. The maximum atomic E-state index is 5.70. The summed E-state index contributed by atoms with van der Waals surface area (Å²) in [4.78, 5) is 0. The maximum Gasteiger partial charge on any atom is 0.157 e. The van der Waals surface area contributed by atoms with Gasteiger partial charge in [0.25, 0.3) is 0 Å². The van der Waals surface area contributed by atoms with E-state index in [2.05, 4.69) is 58.4 Å². The SMILES string of the molecule is CC(C)NCc1ccc(COc2cnn(C)c2)c(Br)c1. The topological polar surface area (TPSA) is 39.1 Å². The molecule has 0 bridgehead atoms. The first kappa shape index (κ1) is 15.1. The molecule has 2 rings (SSSR count). The van der Waals surface area contributed by atoms with E-state index in [4.69, 9.17) is 4.74 Å². The summed E-state index contributed by atoms with van der Waals surface area (Å²) in [7, 11) is 1.87. The standard InChI is InChI=1S/C15H20BrN3O/c1-11(2)17-7-12-4-5-13(15(16)6-12)10-20-14-8-18-19(3)9-14/h4-6,8-9,11,17H,7,10H2,1-3H3. The largest absolute Gasteiger partial charge is 0.486 e. The lowest BCUT2D eigenvalue weighted by atomic mass is 10.1. The number of aryl methyl sites for hydroxylation is 1. The Morgan fingerprint density at radius 3 is 2.80 bits per heavy atom. The minimum Gasteiger partial charge on any atom is -0.486 e. The van der Waals surface area contributed by atoms with Crippen molar-refractivity contribution in [3.63, 3.8) is 0 Å². The van der Waals surface area contributed by atoms with Gasteiger partial charge in [0, 0.05) is 29.7 Å². The van der Waals surface area contributed by atoms with Gasteiger partial charge >= 0.3 is 0 Å². The molecular formula is C15H20BrN3O. The highest BCUT2D eigenvalue weighted by Crippen LogP contribution is 2.21. The minimum atomic E-state index is 0.488. The molecule has 0 saturated heterocycles. The molecular weight excluding hydrogens is 318 g/mol. The smallest absolute Gasteiger partial charge is 0.157 e. The molecule has 1 N–H and O–H groups in total. The second-order valence-corrected chi connectivity index (χ2v) is 5.95. The van der Waals surface area contributed by atoms with Crippen LogP contribution in [-0.2, 0) is 20.2 Å². The summed E-state index contributed by atoms with van der Waals surface area (Å²) >= 11 is 3.60. The van der Waals surface area contributed by atoms with E-state index in [1.165, 1.54) is 5.56 Å². The van der Waals surface area contributed by atoms with Gasteiger partial charge in [0.2, 0.25) is 0 Å². The van der Waals surface area contributed by atoms with Crippen LogP contribution in [0.3, 0.4) is 0 Å². The van der Waals surface area contributed by atoms with Gasteiger partial charge in [-0.1, -0.05) is 41.9 Å². The molecule has 0 aliphatic rings. The molecule has 0 fully saturated rings. The number of hydrogen-bond donors (Lipinski definition) is 1. The molecule has 1 heterocycles. The zero-order valence-electron chi connectivity index (χ0n) is 12.1. The summed E-state index contributed by atoms with van der Waals surface area (Å²) < 4.78 is 8.50. The average Bonchev–Trinajstić information content (AvgIpc) is 2.81. The van der Waals surface area contributed by atoms with Crippen LogP contribution in [0.5, 0.6) is 5.75 Å². The van der Waals surface area contributed by atoms with Crippen LogP contribution >= 0.6 is 15.9 Å². The fourth-order valence-corrected chi connectivity index (χ4v) is 2.31. The number of ether oxygens (including phenoxy) is 1. The van der Waals surface area contributed by atoms with E-state index < -0.39 is 0 Å². The van der Waals surface area contributed by atoms with Gasteiger partial charge in [-0.25, -0.2) is 0 Å². The van der Waals surface area contributed by atoms with Crippen LogP contribution in [0.15, 0.2) is 35.1 Å². The molecule has 4 nitrogen and oxygen atoms in total. The minimum absolute atomic E-state index is 0.488. The first-order valence-corrected chi connectivity index (χ1v) is 7.46. The van der Waals surface area contributed by atoms with Crippen LogP contribution in [0.1, 0.15) is 25.0 Å². The Balaban J connectivity index is 1.95. The Morgan fingerprint density at radius 1 is 1.40 bits per heavy atom. The molecule has 0 amide bonds. The fourth-order valence-electron chi connectivity index (χ4n) is 1.77. The fraction of sp³-hybridized carbons (Fsp3) is 0.400. The molecule has 0 atom stereocenters. The molecule has 0 aliphatic heterocycles. The van der Waals surface area contributed by atoms with Crippen molar-refractivity contribution in [3.8, 4) is 5.75 Å². The maximum absolute atomic E-state index is 5.70.